The Kier molecular flexibility index (Phi) is 6.07. The zero-order chi connectivity index (χ0) is 17.5. The van der Waals surface area contributed by atoms with E-state index in [1.165, 1.54) is 6.07 Å². The molecule has 0 aliphatic rings. The lowest BCUT2D eigenvalue weighted by molar-refractivity contribution is -0.115. The average molecular weight is 328 g/mol. The molecule has 2 aromatic rings. The van der Waals surface area contributed by atoms with E-state index >= 15 is 0 Å². The predicted octanol–water partition coefficient (Wildman–Crippen LogP) is 3.39. The first kappa shape index (κ1) is 17.7. The second-order valence-corrected chi connectivity index (χ2v) is 6.00. The van der Waals surface area contributed by atoms with E-state index in [1.807, 2.05) is 13.8 Å². The van der Waals surface area contributed by atoms with Crippen LogP contribution in [0.15, 0.2) is 48.5 Å². The van der Waals surface area contributed by atoms with Crippen molar-refractivity contribution in [3.05, 3.63) is 65.5 Å². The summed E-state index contributed by atoms with van der Waals surface area (Å²) in [6.45, 7) is 4.66. The Morgan fingerprint density at radius 1 is 1.04 bits per heavy atom. The molecule has 24 heavy (non-hydrogen) atoms. The Bertz CT molecular complexity index is 712. The molecular formula is C19H21FN2O2. The van der Waals surface area contributed by atoms with Crippen molar-refractivity contribution in [3.8, 4) is 0 Å². The lowest BCUT2D eigenvalue weighted by atomic mass is 10.1. The molecule has 0 atom stereocenters. The molecule has 0 aliphatic heterocycles. The van der Waals surface area contributed by atoms with Gasteiger partial charge < -0.3 is 10.6 Å². The van der Waals surface area contributed by atoms with Crippen molar-refractivity contribution < 1.29 is 14.0 Å². The van der Waals surface area contributed by atoms with Crippen LogP contribution >= 0.6 is 0 Å². The van der Waals surface area contributed by atoms with E-state index in [9.17, 15) is 14.0 Å². The summed E-state index contributed by atoms with van der Waals surface area (Å²) in [5, 5.41) is 5.53. The van der Waals surface area contributed by atoms with Crippen molar-refractivity contribution in [2.45, 2.75) is 20.3 Å². The molecule has 2 rings (SSSR count). The summed E-state index contributed by atoms with van der Waals surface area (Å²) in [6, 6.07) is 12.8. The minimum atomic E-state index is -0.398. The summed E-state index contributed by atoms with van der Waals surface area (Å²) in [5.74, 6) is -0.472. The van der Waals surface area contributed by atoms with Crippen LogP contribution in [0.2, 0.25) is 0 Å². The Morgan fingerprint density at radius 3 is 2.33 bits per heavy atom. The van der Waals surface area contributed by atoms with Gasteiger partial charge in [0.15, 0.2) is 0 Å². The highest BCUT2D eigenvalue weighted by atomic mass is 19.1. The first-order valence-corrected chi connectivity index (χ1v) is 7.87. The second-order valence-electron chi connectivity index (χ2n) is 6.00. The summed E-state index contributed by atoms with van der Waals surface area (Å²) in [6.07, 6.45) is -0.0384. The van der Waals surface area contributed by atoms with E-state index in [2.05, 4.69) is 10.6 Å². The fourth-order valence-electron chi connectivity index (χ4n) is 2.12. The predicted molar refractivity (Wildman–Crippen MR) is 92.3 cm³/mol. The number of carbonyl (C=O) groups excluding carboxylic acids is 2. The highest BCUT2D eigenvalue weighted by molar-refractivity contribution is 5.96. The number of hydrogen-bond acceptors (Lipinski definition) is 2. The number of amides is 2. The van der Waals surface area contributed by atoms with Crippen LogP contribution in [0, 0.1) is 11.7 Å². The van der Waals surface area contributed by atoms with Gasteiger partial charge in [0.1, 0.15) is 5.82 Å². The topological polar surface area (TPSA) is 58.2 Å². The number of carbonyl (C=O) groups is 2. The van der Waals surface area contributed by atoms with Crippen LogP contribution in [0.5, 0.6) is 0 Å². The molecule has 2 N–H and O–H groups in total. The SMILES string of the molecule is CC(C)CNC(=O)c1ccc(NC(=O)Cc2ccccc2F)cc1. The monoisotopic (exact) mass is 328 g/mol. The van der Waals surface area contributed by atoms with Gasteiger partial charge in [-0.05, 0) is 41.8 Å². The van der Waals surface area contributed by atoms with Gasteiger partial charge in [0.2, 0.25) is 5.91 Å². The first-order valence-electron chi connectivity index (χ1n) is 7.87. The highest BCUT2D eigenvalue weighted by Gasteiger charge is 2.09. The Morgan fingerprint density at radius 2 is 1.71 bits per heavy atom. The van der Waals surface area contributed by atoms with Crippen molar-refractivity contribution in [2.24, 2.45) is 5.92 Å². The number of anilines is 1. The molecule has 0 heterocycles. The van der Waals surface area contributed by atoms with Crippen LogP contribution < -0.4 is 10.6 Å². The van der Waals surface area contributed by atoms with Crippen molar-refractivity contribution in [1.82, 2.24) is 5.32 Å². The molecule has 0 bridgehead atoms. The Hall–Kier alpha value is -2.69. The molecule has 126 valence electrons. The van der Waals surface area contributed by atoms with E-state index in [1.54, 1.807) is 42.5 Å². The fraction of sp³-hybridized carbons (Fsp3) is 0.263. The van der Waals surface area contributed by atoms with Crippen molar-refractivity contribution in [1.29, 1.82) is 0 Å². The lowest BCUT2D eigenvalue weighted by Gasteiger charge is -2.09. The maximum Gasteiger partial charge on any atom is 0.251 e. The fourth-order valence-corrected chi connectivity index (χ4v) is 2.12. The van der Waals surface area contributed by atoms with E-state index in [0.29, 0.717) is 29.3 Å². The first-order chi connectivity index (χ1) is 11.5. The van der Waals surface area contributed by atoms with E-state index in [-0.39, 0.29) is 18.2 Å². The van der Waals surface area contributed by atoms with Gasteiger partial charge in [-0.1, -0.05) is 32.0 Å². The van der Waals surface area contributed by atoms with Crippen molar-refractivity contribution in [2.75, 3.05) is 11.9 Å². The normalized spacial score (nSPS) is 10.5. The van der Waals surface area contributed by atoms with Gasteiger partial charge in [0.25, 0.3) is 5.91 Å². The lowest BCUT2D eigenvalue weighted by Crippen LogP contribution is -2.27. The Labute approximate surface area is 141 Å². The van der Waals surface area contributed by atoms with Gasteiger partial charge in [0.05, 0.1) is 6.42 Å². The van der Waals surface area contributed by atoms with Gasteiger partial charge >= 0.3 is 0 Å². The van der Waals surface area contributed by atoms with Crippen LogP contribution in [0.25, 0.3) is 0 Å². The molecule has 0 saturated carbocycles. The van der Waals surface area contributed by atoms with Gasteiger partial charge in [-0.15, -0.1) is 0 Å². The maximum absolute atomic E-state index is 13.5. The van der Waals surface area contributed by atoms with Gasteiger partial charge in [0, 0.05) is 17.8 Å². The molecule has 0 aromatic heterocycles. The van der Waals surface area contributed by atoms with Crippen molar-refractivity contribution >= 4 is 17.5 Å². The van der Waals surface area contributed by atoms with Crippen LogP contribution in [0.1, 0.15) is 29.8 Å². The zero-order valence-corrected chi connectivity index (χ0v) is 13.8. The number of halogens is 1. The molecular weight excluding hydrogens is 307 g/mol. The van der Waals surface area contributed by atoms with Crippen molar-refractivity contribution in [3.63, 3.8) is 0 Å². The largest absolute Gasteiger partial charge is 0.352 e. The summed E-state index contributed by atoms with van der Waals surface area (Å²) < 4.78 is 13.5. The highest BCUT2D eigenvalue weighted by Crippen LogP contribution is 2.12. The van der Waals surface area contributed by atoms with Gasteiger partial charge in [-0.25, -0.2) is 4.39 Å². The molecule has 0 unspecified atom stereocenters. The zero-order valence-electron chi connectivity index (χ0n) is 13.8. The van der Waals surface area contributed by atoms with E-state index in [4.69, 9.17) is 0 Å². The molecule has 0 aliphatic carbocycles. The van der Waals surface area contributed by atoms with E-state index < -0.39 is 5.82 Å². The van der Waals surface area contributed by atoms with Crippen LogP contribution in [0.4, 0.5) is 10.1 Å². The van der Waals surface area contributed by atoms with Crippen LogP contribution in [0.3, 0.4) is 0 Å². The van der Waals surface area contributed by atoms with Crippen LogP contribution in [-0.2, 0) is 11.2 Å². The quantitative estimate of drug-likeness (QED) is 0.854. The minimum Gasteiger partial charge on any atom is -0.352 e. The summed E-state index contributed by atoms with van der Waals surface area (Å²) in [4.78, 5) is 23.9. The number of rotatable bonds is 6. The molecule has 5 heteroatoms. The summed E-state index contributed by atoms with van der Waals surface area (Å²) in [5.41, 5.74) is 1.44. The Balaban J connectivity index is 1.92. The third-order valence-corrected chi connectivity index (χ3v) is 3.41. The molecule has 4 nitrogen and oxygen atoms in total. The standard InChI is InChI=1S/C19H21FN2O2/c1-13(2)12-21-19(24)14-7-9-16(10-8-14)22-18(23)11-15-5-3-4-6-17(15)20/h3-10,13H,11-12H2,1-2H3,(H,21,24)(H,22,23). The molecule has 2 aromatic carbocycles. The summed E-state index contributed by atoms with van der Waals surface area (Å²) >= 11 is 0. The molecule has 2 amide bonds. The van der Waals surface area contributed by atoms with E-state index in [0.717, 1.165) is 0 Å². The maximum atomic E-state index is 13.5. The van der Waals surface area contributed by atoms with Gasteiger partial charge in [-0.2, -0.15) is 0 Å². The third kappa shape index (κ3) is 5.19. The minimum absolute atomic E-state index is 0.0384. The number of benzene rings is 2. The second kappa shape index (κ2) is 8.24. The molecule has 0 radical (unpaired) electrons. The number of hydrogen-bond donors (Lipinski definition) is 2. The third-order valence-electron chi connectivity index (χ3n) is 3.41. The summed E-state index contributed by atoms with van der Waals surface area (Å²) in [7, 11) is 0. The van der Waals surface area contributed by atoms with Gasteiger partial charge in [-0.3, -0.25) is 9.59 Å². The smallest absolute Gasteiger partial charge is 0.251 e. The average Bonchev–Trinajstić information content (AvgIpc) is 2.55. The van der Waals surface area contributed by atoms with Crippen LogP contribution in [-0.4, -0.2) is 18.4 Å². The number of nitrogens with one attached hydrogen (secondary N) is 2. The molecule has 0 saturated heterocycles. The molecule has 0 spiro atoms. The molecule has 0 fully saturated rings.